The second-order valence-electron chi connectivity index (χ2n) is 6.21. The third-order valence-corrected chi connectivity index (χ3v) is 3.25. The SMILES string of the molecule is CC(C)(C)OC(=O)N1CCOC(c2ccc(C(=O)O)cc2)C1. The standard InChI is InChI=1S/C16H21NO5/c1-16(2,3)22-15(20)17-8-9-21-13(10-17)11-4-6-12(7-5-11)14(18)19/h4-7,13H,8-10H2,1-3H3,(H,18,19). The highest BCUT2D eigenvalue weighted by Crippen LogP contribution is 2.24. The topological polar surface area (TPSA) is 76.1 Å². The van der Waals surface area contributed by atoms with Crippen molar-refractivity contribution in [3.05, 3.63) is 35.4 Å². The van der Waals surface area contributed by atoms with Crippen LogP contribution in [0.25, 0.3) is 0 Å². The van der Waals surface area contributed by atoms with Gasteiger partial charge in [0.25, 0.3) is 0 Å². The molecular weight excluding hydrogens is 286 g/mol. The number of nitrogens with zero attached hydrogens (tertiary/aromatic N) is 1. The van der Waals surface area contributed by atoms with E-state index in [0.717, 1.165) is 5.56 Å². The van der Waals surface area contributed by atoms with Crippen LogP contribution in [0.1, 0.15) is 42.8 Å². The van der Waals surface area contributed by atoms with Crippen LogP contribution in [0.15, 0.2) is 24.3 Å². The lowest BCUT2D eigenvalue weighted by molar-refractivity contribution is -0.0432. The number of carbonyl (C=O) groups is 2. The Morgan fingerprint density at radius 1 is 1.27 bits per heavy atom. The van der Waals surface area contributed by atoms with Gasteiger partial charge in [-0.25, -0.2) is 9.59 Å². The molecule has 1 aliphatic rings. The Balaban J connectivity index is 2.04. The zero-order chi connectivity index (χ0) is 16.3. The normalized spacial score (nSPS) is 18.9. The number of benzene rings is 1. The van der Waals surface area contributed by atoms with Crippen LogP contribution in [0.2, 0.25) is 0 Å². The molecule has 1 aromatic rings. The minimum atomic E-state index is -0.966. The van der Waals surface area contributed by atoms with Gasteiger partial charge < -0.3 is 19.5 Å². The van der Waals surface area contributed by atoms with Crippen molar-refractivity contribution in [3.63, 3.8) is 0 Å². The molecule has 1 unspecified atom stereocenters. The molecule has 0 saturated carbocycles. The zero-order valence-electron chi connectivity index (χ0n) is 13.0. The molecular formula is C16H21NO5. The second-order valence-corrected chi connectivity index (χ2v) is 6.21. The Hall–Kier alpha value is -2.08. The first kappa shape index (κ1) is 16.3. The fourth-order valence-electron chi connectivity index (χ4n) is 2.18. The molecule has 0 bridgehead atoms. The lowest BCUT2D eigenvalue weighted by Crippen LogP contribution is -2.44. The van der Waals surface area contributed by atoms with Crippen molar-refractivity contribution in [1.29, 1.82) is 0 Å². The van der Waals surface area contributed by atoms with Crippen LogP contribution in [0.3, 0.4) is 0 Å². The summed E-state index contributed by atoms with van der Waals surface area (Å²) in [7, 11) is 0. The summed E-state index contributed by atoms with van der Waals surface area (Å²) in [6.45, 7) is 6.78. The number of carboxylic acids is 1. The van der Waals surface area contributed by atoms with Gasteiger partial charge in [-0.15, -0.1) is 0 Å². The number of carboxylic acid groups (broad SMARTS) is 1. The molecule has 0 aliphatic carbocycles. The molecule has 1 aliphatic heterocycles. The van der Waals surface area contributed by atoms with E-state index >= 15 is 0 Å². The zero-order valence-corrected chi connectivity index (χ0v) is 13.0. The third-order valence-electron chi connectivity index (χ3n) is 3.25. The molecule has 1 amide bonds. The molecule has 0 spiro atoms. The number of carbonyl (C=O) groups excluding carboxylic acids is 1. The molecule has 1 saturated heterocycles. The third kappa shape index (κ3) is 4.21. The summed E-state index contributed by atoms with van der Waals surface area (Å²) in [5.74, 6) is -0.966. The minimum Gasteiger partial charge on any atom is -0.478 e. The second kappa shape index (κ2) is 6.36. The molecule has 1 fully saturated rings. The van der Waals surface area contributed by atoms with Gasteiger partial charge in [-0.2, -0.15) is 0 Å². The van der Waals surface area contributed by atoms with Gasteiger partial charge in [0.15, 0.2) is 0 Å². The van der Waals surface area contributed by atoms with E-state index < -0.39 is 11.6 Å². The molecule has 1 atom stereocenters. The Kier molecular flexibility index (Phi) is 4.71. The number of aromatic carboxylic acids is 1. The molecule has 1 heterocycles. The minimum absolute atomic E-state index is 0.226. The smallest absolute Gasteiger partial charge is 0.410 e. The average Bonchev–Trinajstić information content (AvgIpc) is 2.46. The van der Waals surface area contributed by atoms with Gasteiger partial charge in [0.05, 0.1) is 18.7 Å². The van der Waals surface area contributed by atoms with Crippen LogP contribution in [0.4, 0.5) is 4.79 Å². The van der Waals surface area contributed by atoms with Crippen molar-refractivity contribution in [1.82, 2.24) is 4.90 Å². The van der Waals surface area contributed by atoms with Crippen molar-refractivity contribution in [2.45, 2.75) is 32.5 Å². The van der Waals surface area contributed by atoms with Gasteiger partial charge in [-0.05, 0) is 38.5 Å². The summed E-state index contributed by atoms with van der Waals surface area (Å²) in [5.41, 5.74) is 0.537. The van der Waals surface area contributed by atoms with Crippen molar-refractivity contribution in [2.24, 2.45) is 0 Å². The lowest BCUT2D eigenvalue weighted by Gasteiger charge is -2.34. The van der Waals surface area contributed by atoms with E-state index in [1.165, 1.54) is 12.1 Å². The number of morpholine rings is 1. The average molecular weight is 307 g/mol. The monoisotopic (exact) mass is 307 g/mol. The molecule has 6 nitrogen and oxygen atoms in total. The molecule has 22 heavy (non-hydrogen) atoms. The summed E-state index contributed by atoms with van der Waals surface area (Å²) in [6, 6.07) is 6.50. The van der Waals surface area contributed by atoms with Crippen molar-refractivity contribution in [3.8, 4) is 0 Å². The first-order chi connectivity index (χ1) is 10.3. The van der Waals surface area contributed by atoms with E-state index in [0.29, 0.717) is 19.7 Å². The van der Waals surface area contributed by atoms with E-state index in [1.807, 2.05) is 20.8 Å². The molecule has 0 radical (unpaired) electrons. The largest absolute Gasteiger partial charge is 0.478 e. The quantitative estimate of drug-likeness (QED) is 0.909. The fourth-order valence-corrected chi connectivity index (χ4v) is 2.18. The maximum atomic E-state index is 12.1. The van der Waals surface area contributed by atoms with E-state index in [9.17, 15) is 9.59 Å². The van der Waals surface area contributed by atoms with Crippen LogP contribution in [0.5, 0.6) is 0 Å². The maximum absolute atomic E-state index is 12.1. The Morgan fingerprint density at radius 2 is 1.91 bits per heavy atom. The van der Waals surface area contributed by atoms with E-state index in [2.05, 4.69) is 0 Å². The molecule has 6 heteroatoms. The van der Waals surface area contributed by atoms with Gasteiger partial charge >= 0.3 is 12.1 Å². The van der Waals surface area contributed by atoms with Gasteiger partial charge in [0.2, 0.25) is 0 Å². The van der Waals surface area contributed by atoms with Crippen LogP contribution >= 0.6 is 0 Å². The number of hydrogen-bond donors (Lipinski definition) is 1. The summed E-state index contributed by atoms with van der Waals surface area (Å²) in [6.07, 6.45) is -0.632. The number of rotatable bonds is 2. The van der Waals surface area contributed by atoms with Crippen molar-refractivity contribution < 1.29 is 24.2 Å². The van der Waals surface area contributed by atoms with E-state index in [1.54, 1.807) is 17.0 Å². The molecule has 1 N–H and O–H groups in total. The molecule has 0 aromatic heterocycles. The van der Waals surface area contributed by atoms with Crippen LogP contribution in [-0.4, -0.2) is 47.4 Å². The van der Waals surface area contributed by atoms with Crippen LogP contribution in [-0.2, 0) is 9.47 Å². The van der Waals surface area contributed by atoms with Gasteiger partial charge in [0.1, 0.15) is 11.7 Å². The number of ether oxygens (including phenoxy) is 2. The van der Waals surface area contributed by atoms with Gasteiger partial charge in [-0.3, -0.25) is 0 Å². The summed E-state index contributed by atoms with van der Waals surface area (Å²) >= 11 is 0. The van der Waals surface area contributed by atoms with Crippen molar-refractivity contribution in [2.75, 3.05) is 19.7 Å². The predicted molar refractivity (Wildman–Crippen MR) is 79.9 cm³/mol. The van der Waals surface area contributed by atoms with Crippen molar-refractivity contribution >= 4 is 12.1 Å². The highest BCUT2D eigenvalue weighted by molar-refractivity contribution is 5.87. The predicted octanol–water partition coefficient (Wildman–Crippen LogP) is 2.69. The van der Waals surface area contributed by atoms with E-state index in [4.69, 9.17) is 14.6 Å². The Bertz CT molecular complexity index is 547. The fraction of sp³-hybridized carbons (Fsp3) is 0.500. The van der Waals surface area contributed by atoms with Crippen LogP contribution in [0, 0.1) is 0 Å². The highest BCUT2D eigenvalue weighted by Gasteiger charge is 2.28. The lowest BCUT2D eigenvalue weighted by atomic mass is 10.1. The molecule has 120 valence electrons. The summed E-state index contributed by atoms with van der Waals surface area (Å²) in [5, 5.41) is 8.91. The number of hydrogen-bond acceptors (Lipinski definition) is 4. The highest BCUT2D eigenvalue weighted by atomic mass is 16.6. The molecule has 2 rings (SSSR count). The first-order valence-corrected chi connectivity index (χ1v) is 7.19. The van der Waals surface area contributed by atoms with E-state index in [-0.39, 0.29) is 17.8 Å². The Morgan fingerprint density at radius 3 is 2.45 bits per heavy atom. The first-order valence-electron chi connectivity index (χ1n) is 7.19. The Labute approximate surface area is 129 Å². The van der Waals surface area contributed by atoms with Gasteiger partial charge in [-0.1, -0.05) is 12.1 Å². The maximum Gasteiger partial charge on any atom is 0.410 e. The molecule has 1 aromatic carbocycles. The summed E-state index contributed by atoms with van der Waals surface area (Å²) in [4.78, 5) is 24.6. The van der Waals surface area contributed by atoms with Crippen LogP contribution < -0.4 is 0 Å². The summed E-state index contributed by atoms with van der Waals surface area (Å²) < 4.78 is 11.0. The number of amides is 1. The van der Waals surface area contributed by atoms with Gasteiger partial charge in [0, 0.05) is 6.54 Å².